The molecule has 3 N–H and O–H groups in total. The molecule has 0 heterocycles. The lowest BCUT2D eigenvalue weighted by atomic mass is 10.2. The molecular weight excluding hydrogens is 338 g/mol. The van der Waals surface area contributed by atoms with Crippen LogP contribution >= 0.6 is 23.2 Å². The lowest BCUT2D eigenvalue weighted by Crippen LogP contribution is -2.14. The Balaban J connectivity index is 2.41. The van der Waals surface area contributed by atoms with Crippen LogP contribution in [-0.4, -0.2) is 8.42 Å². The lowest BCUT2D eigenvalue weighted by Gasteiger charge is -2.11. The van der Waals surface area contributed by atoms with Crippen molar-refractivity contribution in [3.63, 3.8) is 0 Å². The number of anilines is 1. The minimum Gasteiger partial charge on any atom is -0.326 e. The van der Waals surface area contributed by atoms with Crippen LogP contribution in [-0.2, 0) is 16.6 Å². The minimum absolute atomic E-state index is 0.0632. The molecule has 2 aromatic carbocycles. The van der Waals surface area contributed by atoms with Crippen molar-refractivity contribution in [2.45, 2.75) is 11.4 Å². The number of halogens is 3. The van der Waals surface area contributed by atoms with Crippen molar-refractivity contribution in [3.8, 4) is 0 Å². The molecule has 0 amide bonds. The molecule has 0 spiro atoms. The van der Waals surface area contributed by atoms with E-state index in [1.807, 2.05) is 0 Å². The van der Waals surface area contributed by atoms with Gasteiger partial charge in [0.25, 0.3) is 10.0 Å². The second-order valence-electron chi connectivity index (χ2n) is 4.16. The molecule has 112 valence electrons. The topological polar surface area (TPSA) is 72.2 Å². The zero-order valence-electron chi connectivity index (χ0n) is 10.6. The standard InChI is InChI=1S/C13H11Cl2FN2O2S/c14-10-5-4-9(6-8(10)7-17)21(19,20)18-12-3-1-2-11(15)13(12)16/h1-6,18H,7,17H2. The minimum atomic E-state index is -3.96. The first-order valence-corrected chi connectivity index (χ1v) is 8.04. The summed E-state index contributed by atoms with van der Waals surface area (Å²) in [6, 6.07) is 8.12. The number of nitrogens with one attached hydrogen (secondary N) is 1. The van der Waals surface area contributed by atoms with Gasteiger partial charge in [0.1, 0.15) is 0 Å². The van der Waals surface area contributed by atoms with Gasteiger partial charge in [0, 0.05) is 11.6 Å². The second-order valence-corrected chi connectivity index (χ2v) is 6.66. The van der Waals surface area contributed by atoms with Crippen LogP contribution in [0.15, 0.2) is 41.3 Å². The van der Waals surface area contributed by atoms with Crippen molar-refractivity contribution < 1.29 is 12.8 Å². The number of hydrogen-bond acceptors (Lipinski definition) is 3. The summed E-state index contributed by atoms with van der Waals surface area (Å²) in [6.45, 7) is 0.0910. The Hall–Kier alpha value is -1.34. The molecule has 0 fully saturated rings. The number of hydrogen-bond donors (Lipinski definition) is 2. The maximum absolute atomic E-state index is 13.8. The largest absolute Gasteiger partial charge is 0.326 e. The van der Waals surface area contributed by atoms with Gasteiger partial charge in [-0.05, 0) is 35.9 Å². The highest BCUT2D eigenvalue weighted by atomic mass is 35.5. The summed E-state index contributed by atoms with van der Waals surface area (Å²) in [6.07, 6.45) is 0. The van der Waals surface area contributed by atoms with Crippen molar-refractivity contribution in [1.29, 1.82) is 0 Å². The first kappa shape index (κ1) is 16.0. The molecule has 8 heteroatoms. The Morgan fingerprint density at radius 3 is 2.52 bits per heavy atom. The quantitative estimate of drug-likeness (QED) is 0.889. The molecule has 2 aromatic rings. The lowest BCUT2D eigenvalue weighted by molar-refractivity contribution is 0.598. The van der Waals surface area contributed by atoms with Gasteiger partial charge < -0.3 is 5.73 Å². The predicted molar refractivity (Wildman–Crippen MR) is 81.6 cm³/mol. The van der Waals surface area contributed by atoms with E-state index >= 15 is 0 Å². The molecule has 0 aromatic heterocycles. The summed E-state index contributed by atoms with van der Waals surface area (Å²) >= 11 is 11.5. The van der Waals surface area contributed by atoms with Crippen LogP contribution in [0.1, 0.15) is 5.56 Å². The highest BCUT2D eigenvalue weighted by Gasteiger charge is 2.18. The third kappa shape index (κ3) is 3.47. The Morgan fingerprint density at radius 1 is 1.14 bits per heavy atom. The van der Waals surface area contributed by atoms with Gasteiger partial charge >= 0.3 is 0 Å². The average Bonchev–Trinajstić information content (AvgIpc) is 2.44. The molecule has 0 aliphatic rings. The molecule has 2 rings (SSSR count). The maximum atomic E-state index is 13.8. The maximum Gasteiger partial charge on any atom is 0.261 e. The molecule has 0 bridgehead atoms. The van der Waals surface area contributed by atoms with E-state index in [1.165, 1.54) is 36.4 Å². The van der Waals surface area contributed by atoms with Gasteiger partial charge in [-0.3, -0.25) is 4.72 Å². The van der Waals surface area contributed by atoms with Crippen molar-refractivity contribution >= 4 is 38.9 Å². The summed E-state index contributed by atoms with van der Waals surface area (Å²) in [5.74, 6) is -0.837. The van der Waals surface area contributed by atoms with Crippen LogP contribution < -0.4 is 10.5 Å². The fourth-order valence-corrected chi connectivity index (χ4v) is 3.14. The van der Waals surface area contributed by atoms with Crippen LogP contribution in [0.2, 0.25) is 10.0 Å². The van der Waals surface area contributed by atoms with Gasteiger partial charge in [-0.2, -0.15) is 0 Å². The summed E-state index contributed by atoms with van der Waals surface area (Å²) in [5, 5.41) is 0.194. The summed E-state index contributed by atoms with van der Waals surface area (Å²) in [7, 11) is -3.96. The predicted octanol–water partition coefficient (Wildman–Crippen LogP) is 3.39. The number of sulfonamides is 1. The first-order valence-electron chi connectivity index (χ1n) is 5.80. The van der Waals surface area contributed by atoms with Crippen LogP contribution in [0.25, 0.3) is 0 Å². The van der Waals surface area contributed by atoms with E-state index < -0.39 is 15.8 Å². The molecule has 4 nitrogen and oxygen atoms in total. The second kappa shape index (κ2) is 6.19. The van der Waals surface area contributed by atoms with Crippen LogP contribution in [0.3, 0.4) is 0 Å². The smallest absolute Gasteiger partial charge is 0.261 e. The number of nitrogens with two attached hydrogens (primary N) is 1. The molecule has 0 atom stereocenters. The van der Waals surface area contributed by atoms with Crippen LogP contribution in [0.5, 0.6) is 0 Å². The van der Waals surface area contributed by atoms with Crippen molar-refractivity contribution in [3.05, 3.63) is 57.8 Å². The third-order valence-electron chi connectivity index (χ3n) is 2.74. The molecule has 0 radical (unpaired) electrons. The van der Waals surface area contributed by atoms with E-state index in [9.17, 15) is 12.8 Å². The van der Waals surface area contributed by atoms with E-state index in [4.69, 9.17) is 28.9 Å². The first-order chi connectivity index (χ1) is 9.85. The molecule has 0 saturated carbocycles. The van der Waals surface area contributed by atoms with Gasteiger partial charge in [0.15, 0.2) is 5.82 Å². The van der Waals surface area contributed by atoms with E-state index in [0.717, 1.165) is 0 Å². The van der Waals surface area contributed by atoms with Gasteiger partial charge in [-0.25, -0.2) is 12.8 Å². The zero-order chi connectivity index (χ0) is 15.6. The number of rotatable bonds is 4. The summed E-state index contributed by atoms with van der Waals surface area (Å²) in [5.41, 5.74) is 5.73. The number of benzene rings is 2. The monoisotopic (exact) mass is 348 g/mol. The zero-order valence-corrected chi connectivity index (χ0v) is 12.9. The van der Waals surface area contributed by atoms with Gasteiger partial charge in [-0.15, -0.1) is 0 Å². The molecular formula is C13H11Cl2FN2O2S. The fourth-order valence-electron chi connectivity index (χ4n) is 1.66. The molecule has 0 unspecified atom stereocenters. The van der Waals surface area contributed by atoms with Gasteiger partial charge in [0.2, 0.25) is 0 Å². The van der Waals surface area contributed by atoms with Crippen molar-refractivity contribution in [2.24, 2.45) is 5.73 Å². The Morgan fingerprint density at radius 2 is 1.86 bits per heavy atom. The molecule has 0 aliphatic heterocycles. The normalized spacial score (nSPS) is 11.4. The highest BCUT2D eigenvalue weighted by Crippen LogP contribution is 2.26. The molecule has 21 heavy (non-hydrogen) atoms. The van der Waals surface area contributed by atoms with E-state index in [1.54, 1.807) is 0 Å². The van der Waals surface area contributed by atoms with E-state index in [0.29, 0.717) is 10.6 Å². The van der Waals surface area contributed by atoms with Crippen molar-refractivity contribution in [2.75, 3.05) is 4.72 Å². The third-order valence-corrected chi connectivity index (χ3v) is 4.77. The SMILES string of the molecule is NCc1cc(S(=O)(=O)Nc2cccc(Cl)c2F)ccc1Cl. The van der Waals surface area contributed by atoms with E-state index in [2.05, 4.69) is 4.72 Å². The Labute approximate surface area is 131 Å². The fraction of sp³-hybridized carbons (Fsp3) is 0.0769. The van der Waals surface area contributed by atoms with Crippen molar-refractivity contribution in [1.82, 2.24) is 0 Å². The summed E-state index contributed by atoms with van der Waals surface area (Å²) < 4.78 is 40.4. The van der Waals surface area contributed by atoms with Crippen LogP contribution in [0, 0.1) is 5.82 Å². The highest BCUT2D eigenvalue weighted by molar-refractivity contribution is 7.92. The van der Waals surface area contributed by atoms with Crippen LogP contribution in [0.4, 0.5) is 10.1 Å². The van der Waals surface area contributed by atoms with E-state index in [-0.39, 0.29) is 22.2 Å². The molecule has 0 saturated heterocycles. The average molecular weight is 349 g/mol. The Kier molecular flexibility index (Phi) is 4.73. The van der Waals surface area contributed by atoms with Gasteiger partial charge in [-0.1, -0.05) is 29.3 Å². The molecule has 0 aliphatic carbocycles. The van der Waals surface area contributed by atoms with Gasteiger partial charge in [0.05, 0.1) is 15.6 Å². The summed E-state index contributed by atoms with van der Waals surface area (Å²) in [4.78, 5) is -0.0632. The Bertz CT molecular complexity index is 782.